The number of aromatic nitrogens is 1. The fourth-order valence-corrected chi connectivity index (χ4v) is 2.49. The maximum atomic E-state index is 13.7. The Bertz CT molecular complexity index is 674. The minimum absolute atomic E-state index is 0.0341. The van der Waals surface area contributed by atoms with Gasteiger partial charge in [0, 0.05) is 18.7 Å². The number of nitrogens with zero attached hydrogens (tertiary/aromatic N) is 2. The highest BCUT2D eigenvalue weighted by molar-refractivity contribution is 5.76. The molecule has 0 aliphatic heterocycles. The smallest absolute Gasteiger partial charge is 0.223 e. The van der Waals surface area contributed by atoms with Gasteiger partial charge in [-0.2, -0.15) is 0 Å². The van der Waals surface area contributed by atoms with Gasteiger partial charge in [0.25, 0.3) is 0 Å². The third-order valence-corrected chi connectivity index (χ3v) is 3.85. The molecule has 0 fully saturated rings. The minimum Gasteiger partial charge on any atom is -0.494 e. The molecule has 1 aromatic heterocycles. The molecule has 2 rings (SSSR count). The van der Waals surface area contributed by atoms with E-state index in [1.807, 2.05) is 32.0 Å². The fourth-order valence-electron chi connectivity index (χ4n) is 2.49. The molecule has 0 saturated carbocycles. The van der Waals surface area contributed by atoms with Gasteiger partial charge in [0.2, 0.25) is 5.91 Å². The quantitative estimate of drug-likeness (QED) is 0.779. The van der Waals surface area contributed by atoms with Crippen molar-refractivity contribution >= 4 is 5.91 Å². The number of methoxy groups -OCH3 is 1. The van der Waals surface area contributed by atoms with Crippen LogP contribution in [0.4, 0.5) is 4.39 Å². The van der Waals surface area contributed by atoms with Crippen LogP contribution in [-0.4, -0.2) is 28.9 Å². The van der Waals surface area contributed by atoms with Crippen molar-refractivity contribution in [1.29, 1.82) is 0 Å². The number of carbonyl (C=O) groups is 1. The lowest BCUT2D eigenvalue weighted by molar-refractivity contribution is -0.133. The highest BCUT2D eigenvalue weighted by Crippen LogP contribution is 2.19. The van der Waals surface area contributed by atoms with Gasteiger partial charge < -0.3 is 9.64 Å². The van der Waals surface area contributed by atoms with Gasteiger partial charge in [-0.25, -0.2) is 4.39 Å². The molecule has 0 unspecified atom stereocenters. The zero-order valence-corrected chi connectivity index (χ0v) is 14.3. The molecule has 5 heteroatoms. The summed E-state index contributed by atoms with van der Waals surface area (Å²) in [5.74, 6) is -0.160. The van der Waals surface area contributed by atoms with E-state index in [1.165, 1.54) is 13.2 Å². The summed E-state index contributed by atoms with van der Waals surface area (Å²) in [6.45, 7) is 4.44. The van der Waals surface area contributed by atoms with Gasteiger partial charge in [0.15, 0.2) is 11.6 Å². The zero-order valence-electron chi connectivity index (χ0n) is 14.3. The van der Waals surface area contributed by atoms with E-state index in [0.717, 1.165) is 11.3 Å². The third-order valence-electron chi connectivity index (χ3n) is 3.85. The molecule has 0 bridgehead atoms. The third kappa shape index (κ3) is 4.78. The van der Waals surface area contributed by atoms with Gasteiger partial charge in [-0.05, 0) is 50.1 Å². The molecular weight excluding hydrogens is 307 g/mol. The molecule has 0 aliphatic carbocycles. The topological polar surface area (TPSA) is 42.4 Å². The number of aryl methyl sites for hydroxylation is 1. The Balaban J connectivity index is 1.99. The second-order valence-electron chi connectivity index (χ2n) is 5.91. The summed E-state index contributed by atoms with van der Waals surface area (Å²) in [4.78, 5) is 18.6. The standard InChI is InChI=1S/C19H23FN2O2/c1-14(2)22(13-16-6-4-5-11-21-16)19(23)10-8-15-7-9-18(24-3)17(20)12-15/h4-7,9,11-12,14H,8,10,13H2,1-3H3. The molecule has 24 heavy (non-hydrogen) atoms. The van der Waals surface area contributed by atoms with E-state index in [9.17, 15) is 9.18 Å². The second-order valence-corrected chi connectivity index (χ2v) is 5.91. The summed E-state index contributed by atoms with van der Waals surface area (Å²) in [5, 5.41) is 0. The summed E-state index contributed by atoms with van der Waals surface area (Å²) in [6.07, 6.45) is 2.54. The van der Waals surface area contributed by atoms with Crippen molar-refractivity contribution < 1.29 is 13.9 Å². The van der Waals surface area contributed by atoms with Crippen LogP contribution in [0, 0.1) is 5.82 Å². The van der Waals surface area contributed by atoms with Gasteiger partial charge in [0.1, 0.15) is 0 Å². The molecule has 2 aromatic rings. The van der Waals surface area contributed by atoms with E-state index in [2.05, 4.69) is 4.98 Å². The first kappa shape index (κ1) is 17.9. The molecule has 0 N–H and O–H groups in total. The van der Waals surface area contributed by atoms with E-state index in [1.54, 1.807) is 23.2 Å². The van der Waals surface area contributed by atoms with E-state index in [4.69, 9.17) is 4.74 Å². The van der Waals surface area contributed by atoms with Gasteiger partial charge in [0.05, 0.1) is 19.3 Å². The van der Waals surface area contributed by atoms with E-state index in [-0.39, 0.29) is 17.7 Å². The van der Waals surface area contributed by atoms with Crippen molar-refractivity contribution in [3.63, 3.8) is 0 Å². The number of hydrogen-bond acceptors (Lipinski definition) is 3. The Morgan fingerprint density at radius 1 is 1.29 bits per heavy atom. The molecule has 0 radical (unpaired) electrons. The van der Waals surface area contributed by atoms with Crippen LogP contribution in [0.2, 0.25) is 0 Å². The number of benzene rings is 1. The number of halogens is 1. The fraction of sp³-hybridized carbons (Fsp3) is 0.368. The van der Waals surface area contributed by atoms with Crippen molar-refractivity contribution in [1.82, 2.24) is 9.88 Å². The SMILES string of the molecule is COc1ccc(CCC(=O)N(Cc2ccccn2)C(C)C)cc1F. The predicted octanol–water partition coefficient (Wildman–Crippen LogP) is 3.60. The van der Waals surface area contributed by atoms with Crippen LogP contribution in [0.5, 0.6) is 5.75 Å². The van der Waals surface area contributed by atoms with Crippen LogP contribution in [0.3, 0.4) is 0 Å². The number of amides is 1. The molecule has 128 valence electrons. The van der Waals surface area contributed by atoms with E-state index < -0.39 is 5.82 Å². The van der Waals surface area contributed by atoms with Gasteiger partial charge in [-0.15, -0.1) is 0 Å². The molecule has 0 saturated heterocycles. The normalized spacial score (nSPS) is 10.7. The maximum absolute atomic E-state index is 13.7. The summed E-state index contributed by atoms with van der Waals surface area (Å²) in [5.41, 5.74) is 1.64. The summed E-state index contributed by atoms with van der Waals surface area (Å²) < 4.78 is 18.6. The first-order chi connectivity index (χ1) is 11.5. The first-order valence-electron chi connectivity index (χ1n) is 8.03. The van der Waals surface area contributed by atoms with Crippen LogP contribution < -0.4 is 4.74 Å². The van der Waals surface area contributed by atoms with Crippen LogP contribution >= 0.6 is 0 Å². The van der Waals surface area contributed by atoms with Crippen LogP contribution in [-0.2, 0) is 17.8 Å². The molecule has 1 aromatic carbocycles. The second kappa shape index (κ2) is 8.43. The van der Waals surface area contributed by atoms with Crippen LogP contribution in [0.15, 0.2) is 42.6 Å². The lowest BCUT2D eigenvalue weighted by atomic mass is 10.1. The van der Waals surface area contributed by atoms with E-state index >= 15 is 0 Å². The number of carbonyl (C=O) groups excluding carboxylic acids is 1. The maximum Gasteiger partial charge on any atom is 0.223 e. The molecule has 0 aliphatic rings. The highest BCUT2D eigenvalue weighted by Gasteiger charge is 2.18. The number of ether oxygens (including phenoxy) is 1. The average Bonchev–Trinajstić information content (AvgIpc) is 2.58. The average molecular weight is 330 g/mol. The van der Waals surface area contributed by atoms with Crippen molar-refractivity contribution in [2.45, 2.75) is 39.3 Å². The Labute approximate surface area is 142 Å². The van der Waals surface area contributed by atoms with Crippen molar-refractivity contribution in [3.8, 4) is 5.75 Å². The van der Waals surface area contributed by atoms with Crippen molar-refractivity contribution in [2.24, 2.45) is 0 Å². The first-order valence-corrected chi connectivity index (χ1v) is 8.03. The summed E-state index contributed by atoms with van der Waals surface area (Å²) >= 11 is 0. The summed E-state index contributed by atoms with van der Waals surface area (Å²) in [7, 11) is 1.43. The van der Waals surface area contributed by atoms with Crippen molar-refractivity contribution in [3.05, 3.63) is 59.7 Å². The Kier molecular flexibility index (Phi) is 6.29. The van der Waals surface area contributed by atoms with E-state index in [0.29, 0.717) is 19.4 Å². The highest BCUT2D eigenvalue weighted by atomic mass is 19.1. The van der Waals surface area contributed by atoms with Gasteiger partial charge in [-0.1, -0.05) is 12.1 Å². The van der Waals surface area contributed by atoms with Gasteiger partial charge in [-0.3, -0.25) is 9.78 Å². The Hall–Kier alpha value is -2.43. The number of rotatable bonds is 7. The molecule has 4 nitrogen and oxygen atoms in total. The number of pyridine rings is 1. The van der Waals surface area contributed by atoms with Crippen molar-refractivity contribution in [2.75, 3.05) is 7.11 Å². The summed E-state index contributed by atoms with van der Waals surface area (Å²) in [6, 6.07) is 10.5. The lowest BCUT2D eigenvalue weighted by Gasteiger charge is -2.26. The Morgan fingerprint density at radius 3 is 2.67 bits per heavy atom. The lowest BCUT2D eigenvalue weighted by Crippen LogP contribution is -2.36. The monoisotopic (exact) mass is 330 g/mol. The molecule has 0 atom stereocenters. The van der Waals surface area contributed by atoms with Crippen LogP contribution in [0.1, 0.15) is 31.5 Å². The molecular formula is C19H23FN2O2. The Morgan fingerprint density at radius 2 is 2.08 bits per heavy atom. The van der Waals surface area contributed by atoms with Crippen LogP contribution in [0.25, 0.3) is 0 Å². The predicted molar refractivity (Wildman–Crippen MR) is 91.2 cm³/mol. The molecule has 0 spiro atoms. The molecule has 1 amide bonds. The zero-order chi connectivity index (χ0) is 17.5. The van der Waals surface area contributed by atoms with Gasteiger partial charge >= 0.3 is 0 Å². The minimum atomic E-state index is -0.406. The largest absolute Gasteiger partial charge is 0.494 e. The molecule has 1 heterocycles. The number of hydrogen-bond donors (Lipinski definition) is 0.